The minimum absolute atomic E-state index is 0.0600. The fourth-order valence-corrected chi connectivity index (χ4v) is 3.18. The second kappa shape index (κ2) is 7.02. The second-order valence-electron chi connectivity index (χ2n) is 6.50. The number of nitrogens with one attached hydrogen (secondary N) is 1. The molecule has 1 saturated heterocycles. The fraction of sp³-hybridized carbons (Fsp3) is 0.263. The fourth-order valence-electron chi connectivity index (χ4n) is 3.18. The first-order valence-electron chi connectivity index (χ1n) is 8.16. The molecule has 8 heteroatoms. The molecule has 3 rings (SSSR count). The van der Waals surface area contributed by atoms with Crippen LogP contribution in [0.5, 0.6) is 0 Å². The van der Waals surface area contributed by atoms with E-state index in [4.69, 9.17) is 0 Å². The molecule has 0 spiro atoms. The molecule has 0 aromatic heterocycles. The van der Waals surface area contributed by atoms with E-state index in [9.17, 15) is 27.2 Å². The normalized spacial score (nSPS) is 19.5. The second-order valence-corrected chi connectivity index (χ2v) is 6.50. The van der Waals surface area contributed by atoms with Crippen molar-refractivity contribution < 1.29 is 27.2 Å². The molecule has 1 fully saturated rings. The average Bonchev–Trinajstić information content (AvgIpc) is 2.91. The van der Waals surface area contributed by atoms with Crippen molar-refractivity contribution in [2.45, 2.75) is 12.8 Å². The Morgan fingerprint density at radius 1 is 1.11 bits per heavy atom. The number of carbonyl (C=O) groups is 2. The van der Waals surface area contributed by atoms with Crippen LogP contribution in [0.1, 0.15) is 17.0 Å². The van der Waals surface area contributed by atoms with E-state index in [1.807, 2.05) is 0 Å². The zero-order chi connectivity index (χ0) is 19.9. The van der Waals surface area contributed by atoms with Gasteiger partial charge < -0.3 is 10.2 Å². The quantitative estimate of drug-likeness (QED) is 0.656. The number of hydrogen-bond acceptors (Lipinski definition) is 2. The standard InChI is InChI=1S/C19H16F4N2O2/c1-9-13(21)6-10(7-14(9)22)11-8-25(2)19(27)16(11)18(26)24-15-5-3-4-12(20)17(15)23/h3-7,11,16H,8H2,1-2H3,(H,24,26). The summed E-state index contributed by atoms with van der Waals surface area (Å²) in [6.07, 6.45) is 0. The Balaban J connectivity index is 1.95. The van der Waals surface area contributed by atoms with Crippen molar-refractivity contribution in [2.75, 3.05) is 18.9 Å². The molecule has 27 heavy (non-hydrogen) atoms. The summed E-state index contributed by atoms with van der Waals surface area (Å²) >= 11 is 0. The molecular weight excluding hydrogens is 364 g/mol. The number of likely N-dealkylation sites (N-methyl/N-ethyl adjacent to an activating group) is 1. The molecule has 1 aliphatic rings. The summed E-state index contributed by atoms with van der Waals surface area (Å²) in [6, 6.07) is 5.41. The van der Waals surface area contributed by atoms with Crippen molar-refractivity contribution in [2.24, 2.45) is 5.92 Å². The van der Waals surface area contributed by atoms with Gasteiger partial charge in [-0.2, -0.15) is 0 Å². The number of nitrogens with zero attached hydrogens (tertiary/aromatic N) is 1. The van der Waals surface area contributed by atoms with Crippen LogP contribution in [-0.4, -0.2) is 30.3 Å². The molecule has 1 aliphatic heterocycles. The largest absolute Gasteiger partial charge is 0.344 e. The molecule has 0 aliphatic carbocycles. The highest BCUT2D eigenvalue weighted by Crippen LogP contribution is 2.35. The van der Waals surface area contributed by atoms with Crippen molar-refractivity contribution in [3.8, 4) is 0 Å². The molecule has 142 valence electrons. The van der Waals surface area contributed by atoms with Gasteiger partial charge >= 0.3 is 0 Å². The molecule has 0 radical (unpaired) electrons. The van der Waals surface area contributed by atoms with Crippen LogP contribution in [0.15, 0.2) is 30.3 Å². The first kappa shape index (κ1) is 18.9. The minimum Gasteiger partial charge on any atom is -0.344 e. The molecule has 0 bridgehead atoms. The third kappa shape index (κ3) is 3.39. The Kier molecular flexibility index (Phi) is 4.91. The van der Waals surface area contributed by atoms with E-state index in [0.717, 1.165) is 24.3 Å². The lowest BCUT2D eigenvalue weighted by molar-refractivity contribution is -0.135. The molecule has 2 atom stereocenters. The Labute approximate surface area is 152 Å². The van der Waals surface area contributed by atoms with Gasteiger partial charge in [0.1, 0.15) is 17.6 Å². The molecule has 4 nitrogen and oxygen atoms in total. The van der Waals surface area contributed by atoms with E-state index in [0.29, 0.717) is 0 Å². The van der Waals surface area contributed by atoms with Gasteiger partial charge in [0.15, 0.2) is 11.6 Å². The molecule has 1 N–H and O–H groups in total. The van der Waals surface area contributed by atoms with E-state index in [1.165, 1.54) is 24.9 Å². The molecule has 1 heterocycles. The third-order valence-corrected chi connectivity index (χ3v) is 4.74. The number of benzene rings is 2. The smallest absolute Gasteiger partial charge is 0.237 e. The van der Waals surface area contributed by atoms with Gasteiger partial charge in [-0.3, -0.25) is 9.59 Å². The summed E-state index contributed by atoms with van der Waals surface area (Å²) in [5, 5.41) is 2.20. The van der Waals surface area contributed by atoms with Gasteiger partial charge in [-0.1, -0.05) is 6.07 Å². The van der Waals surface area contributed by atoms with Gasteiger partial charge in [0.2, 0.25) is 11.8 Å². The predicted octanol–water partition coefficient (Wildman–Crippen LogP) is 3.36. The Hall–Kier alpha value is -2.90. The van der Waals surface area contributed by atoms with E-state index < -0.39 is 52.6 Å². The highest BCUT2D eigenvalue weighted by atomic mass is 19.2. The SMILES string of the molecule is Cc1c(F)cc(C2CN(C)C(=O)C2C(=O)Nc2cccc(F)c2F)cc1F. The molecule has 2 aromatic carbocycles. The Morgan fingerprint density at radius 3 is 2.37 bits per heavy atom. The van der Waals surface area contributed by atoms with Crippen molar-refractivity contribution in [1.82, 2.24) is 4.90 Å². The number of anilines is 1. The topological polar surface area (TPSA) is 49.4 Å². The van der Waals surface area contributed by atoms with E-state index in [2.05, 4.69) is 5.32 Å². The maximum Gasteiger partial charge on any atom is 0.237 e. The lowest BCUT2D eigenvalue weighted by Crippen LogP contribution is -2.33. The van der Waals surface area contributed by atoms with Gasteiger partial charge in [0, 0.05) is 25.1 Å². The zero-order valence-corrected chi connectivity index (χ0v) is 14.5. The van der Waals surface area contributed by atoms with Crippen LogP contribution in [0.3, 0.4) is 0 Å². The number of amides is 2. The first-order chi connectivity index (χ1) is 12.7. The van der Waals surface area contributed by atoms with E-state index in [1.54, 1.807) is 0 Å². The zero-order valence-electron chi connectivity index (χ0n) is 14.5. The number of hydrogen-bond donors (Lipinski definition) is 1. The monoisotopic (exact) mass is 380 g/mol. The van der Waals surface area contributed by atoms with Gasteiger partial charge in [-0.25, -0.2) is 17.6 Å². The summed E-state index contributed by atoms with van der Waals surface area (Å²) in [6.45, 7) is 1.34. The number of carbonyl (C=O) groups excluding carboxylic acids is 2. The number of rotatable bonds is 3. The molecule has 2 amide bonds. The maximum atomic E-state index is 13.9. The minimum atomic E-state index is -1.32. The van der Waals surface area contributed by atoms with E-state index >= 15 is 0 Å². The van der Waals surface area contributed by atoms with Crippen LogP contribution in [0.25, 0.3) is 0 Å². The van der Waals surface area contributed by atoms with Crippen molar-refractivity contribution in [1.29, 1.82) is 0 Å². The molecular formula is C19H16F4N2O2. The van der Waals surface area contributed by atoms with Gasteiger partial charge in [0.05, 0.1) is 5.69 Å². The molecule has 2 aromatic rings. The van der Waals surface area contributed by atoms with Crippen LogP contribution in [-0.2, 0) is 9.59 Å². The van der Waals surface area contributed by atoms with Crippen molar-refractivity contribution in [3.05, 3.63) is 64.7 Å². The molecule has 0 saturated carbocycles. The summed E-state index contributed by atoms with van der Waals surface area (Å²) in [4.78, 5) is 26.3. The first-order valence-corrected chi connectivity index (χ1v) is 8.16. The van der Waals surface area contributed by atoms with Crippen molar-refractivity contribution >= 4 is 17.5 Å². The predicted molar refractivity (Wildman–Crippen MR) is 90.0 cm³/mol. The molecule has 2 unspecified atom stereocenters. The maximum absolute atomic E-state index is 13.9. The highest BCUT2D eigenvalue weighted by molar-refractivity contribution is 6.08. The third-order valence-electron chi connectivity index (χ3n) is 4.74. The van der Waals surface area contributed by atoms with Crippen LogP contribution < -0.4 is 5.32 Å². The van der Waals surface area contributed by atoms with Crippen LogP contribution in [0.2, 0.25) is 0 Å². The number of halogens is 4. The number of likely N-dealkylation sites (tertiary alicyclic amines) is 1. The lowest BCUT2D eigenvalue weighted by atomic mass is 9.87. The average molecular weight is 380 g/mol. The Bertz CT molecular complexity index is 909. The van der Waals surface area contributed by atoms with Crippen LogP contribution >= 0.6 is 0 Å². The van der Waals surface area contributed by atoms with Crippen LogP contribution in [0.4, 0.5) is 23.2 Å². The Morgan fingerprint density at radius 2 is 1.74 bits per heavy atom. The van der Waals surface area contributed by atoms with Crippen LogP contribution in [0, 0.1) is 36.1 Å². The summed E-state index contributed by atoms with van der Waals surface area (Å²) in [5.74, 6) is -7.58. The van der Waals surface area contributed by atoms with Gasteiger partial charge in [-0.05, 0) is 36.8 Å². The summed E-state index contributed by atoms with van der Waals surface area (Å²) < 4.78 is 55.0. The highest BCUT2D eigenvalue weighted by Gasteiger charge is 2.44. The van der Waals surface area contributed by atoms with Gasteiger partial charge in [-0.15, -0.1) is 0 Å². The lowest BCUT2D eigenvalue weighted by Gasteiger charge is -2.18. The van der Waals surface area contributed by atoms with Gasteiger partial charge in [0.25, 0.3) is 0 Å². The van der Waals surface area contributed by atoms with E-state index in [-0.39, 0.29) is 17.7 Å². The summed E-state index contributed by atoms with van der Waals surface area (Å²) in [5.41, 5.74) is -0.435. The summed E-state index contributed by atoms with van der Waals surface area (Å²) in [7, 11) is 1.45. The van der Waals surface area contributed by atoms with Crippen molar-refractivity contribution in [3.63, 3.8) is 0 Å².